The third-order valence-electron chi connectivity index (χ3n) is 12.5. The predicted molar refractivity (Wildman–Crippen MR) is 217 cm³/mol. The fourth-order valence-corrected chi connectivity index (χ4v) is 10.5. The molecule has 6 heterocycles. The molecule has 1 spiro atoms. The number of para-hydroxylation sites is 3. The molecule has 1 aliphatic heterocycles. The molecule has 3 aliphatic rings. The summed E-state index contributed by atoms with van der Waals surface area (Å²) < 4.78 is 19.4. The van der Waals surface area contributed by atoms with Crippen LogP contribution in [0.2, 0.25) is 0 Å². The van der Waals surface area contributed by atoms with Gasteiger partial charge in [-0.1, -0.05) is 84.9 Å². The van der Waals surface area contributed by atoms with E-state index >= 15 is 0 Å². The van der Waals surface area contributed by atoms with Crippen LogP contribution in [-0.4, -0.2) is 9.97 Å². The summed E-state index contributed by atoms with van der Waals surface area (Å²) in [7, 11) is 0. The lowest BCUT2D eigenvalue weighted by Gasteiger charge is -2.45. The summed E-state index contributed by atoms with van der Waals surface area (Å²) in [6.45, 7) is 0. The van der Waals surface area contributed by atoms with Crippen LogP contribution in [0, 0.1) is 0 Å². The largest absolute Gasteiger partial charge is 0.461 e. The molecular weight excluding hydrogens is 691 g/mol. The minimum atomic E-state index is -0.756. The van der Waals surface area contributed by atoms with Gasteiger partial charge >= 0.3 is 0 Å². The van der Waals surface area contributed by atoms with Gasteiger partial charge in [-0.3, -0.25) is 9.97 Å². The van der Waals surface area contributed by atoms with Gasteiger partial charge in [0.2, 0.25) is 0 Å². The van der Waals surface area contributed by atoms with E-state index in [2.05, 4.69) is 120 Å². The molecule has 0 unspecified atom stereocenters. The van der Waals surface area contributed by atoms with Crippen molar-refractivity contribution in [3.05, 3.63) is 221 Å². The molecule has 0 bridgehead atoms. The zero-order chi connectivity index (χ0) is 36.6. The average molecular weight is 720 g/mol. The lowest BCUT2D eigenvalue weighted by molar-refractivity contribution is 0.525. The van der Waals surface area contributed by atoms with Crippen molar-refractivity contribution >= 4 is 39.0 Å². The van der Waals surface area contributed by atoms with E-state index in [0.29, 0.717) is 0 Å². The number of rotatable bonds is 3. The summed E-state index contributed by atoms with van der Waals surface area (Å²) in [6.07, 6.45) is 11.3. The molecule has 2 aliphatic carbocycles. The summed E-state index contributed by atoms with van der Waals surface area (Å²) in [5.41, 5.74) is 14.5. The Morgan fingerprint density at radius 3 is 1.86 bits per heavy atom. The van der Waals surface area contributed by atoms with E-state index < -0.39 is 10.8 Å². The van der Waals surface area contributed by atoms with Crippen molar-refractivity contribution in [3.63, 3.8) is 0 Å². The van der Waals surface area contributed by atoms with Gasteiger partial charge in [0.1, 0.15) is 5.58 Å². The molecule has 0 saturated carbocycles. The molecule has 0 radical (unpaired) electrons. The predicted octanol–water partition coefficient (Wildman–Crippen LogP) is 12.1. The van der Waals surface area contributed by atoms with Gasteiger partial charge in [-0.2, -0.15) is 0 Å². The van der Waals surface area contributed by atoms with Crippen LogP contribution in [0.4, 0.5) is 17.1 Å². The Bertz CT molecular complexity index is 3150. The number of nitrogens with zero attached hydrogens (tertiary/aromatic N) is 3. The minimum Gasteiger partial charge on any atom is -0.461 e. The van der Waals surface area contributed by atoms with E-state index in [-0.39, 0.29) is 0 Å². The molecule has 262 valence electrons. The summed E-state index contributed by atoms with van der Waals surface area (Å²) in [4.78, 5) is 11.8. The van der Waals surface area contributed by atoms with Gasteiger partial charge in [0.15, 0.2) is 17.1 Å². The first-order valence-corrected chi connectivity index (χ1v) is 18.9. The van der Waals surface area contributed by atoms with Gasteiger partial charge in [-0.05, 0) is 99.1 Å². The summed E-state index contributed by atoms with van der Waals surface area (Å²) in [5.74, 6) is 1.52. The van der Waals surface area contributed by atoms with Crippen LogP contribution in [-0.2, 0) is 10.8 Å². The molecule has 10 aromatic rings. The lowest BCUT2D eigenvalue weighted by Crippen LogP contribution is -2.37. The number of hydrogen-bond acceptors (Lipinski definition) is 6. The molecule has 0 N–H and O–H groups in total. The fraction of sp³-hybridized carbons (Fsp3) is 0.0400. The molecule has 0 atom stereocenters. The van der Waals surface area contributed by atoms with E-state index in [1.54, 1.807) is 12.5 Å². The number of aromatic nitrogens is 2. The number of anilines is 3. The average Bonchev–Trinajstić information content (AvgIpc) is 4.09. The Balaban J connectivity index is 1.23. The zero-order valence-electron chi connectivity index (χ0n) is 29.8. The number of fused-ring (bicyclic) bond motifs is 15. The van der Waals surface area contributed by atoms with Gasteiger partial charge in [0, 0.05) is 46.7 Å². The van der Waals surface area contributed by atoms with Gasteiger partial charge in [0.05, 0.1) is 40.4 Å². The van der Waals surface area contributed by atoms with E-state index in [9.17, 15) is 0 Å². The second-order valence-electron chi connectivity index (χ2n) is 14.9. The monoisotopic (exact) mass is 719 g/mol. The quantitative estimate of drug-likeness (QED) is 0.181. The summed E-state index contributed by atoms with van der Waals surface area (Å²) >= 11 is 0. The highest BCUT2D eigenvalue weighted by atomic mass is 16.4. The summed E-state index contributed by atoms with van der Waals surface area (Å²) in [5, 5.41) is 2.17. The van der Waals surface area contributed by atoms with Crippen LogP contribution in [0.1, 0.15) is 44.5 Å². The van der Waals surface area contributed by atoms with Crippen molar-refractivity contribution < 1.29 is 13.3 Å². The van der Waals surface area contributed by atoms with Gasteiger partial charge in [0.25, 0.3) is 0 Å². The van der Waals surface area contributed by atoms with E-state index in [1.807, 2.05) is 49.1 Å². The number of benzene rings is 5. The maximum absolute atomic E-state index is 6.78. The van der Waals surface area contributed by atoms with E-state index in [0.717, 1.165) is 89.5 Å². The fourth-order valence-electron chi connectivity index (χ4n) is 10.5. The molecule has 0 saturated heterocycles. The smallest absolute Gasteiger partial charge is 0.174 e. The molecule has 6 heteroatoms. The molecular formula is C50H29N3O3. The molecule has 0 fully saturated rings. The molecule has 56 heavy (non-hydrogen) atoms. The third-order valence-corrected chi connectivity index (χ3v) is 12.5. The molecule has 13 rings (SSSR count). The van der Waals surface area contributed by atoms with E-state index in [4.69, 9.17) is 23.2 Å². The van der Waals surface area contributed by atoms with Crippen LogP contribution in [0.5, 0.6) is 0 Å². The highest BCUT2D eigenvalue weighted by Crippen LogP contribution is 2.67. The SMILES string of the molecule is c1cncc(C2(c3cccnc3)c3ccccc3-c3cc4c(cc32)C2(c3ccccc3N4c3cccc4c3oc3ccccc34)c3ccoc3-c3occc32)c1. The van der Waals surface area contributed by atoms with Gasteiger partial charge in [-0.15, -0.1) is 0 Å². The Hall–Kier alpha value is -7.44. The van der Waals surface area contributed by atoms with Crippen LogP contribution in [0.25, 0.3) is 44.6 Å². The maximum Gasteiger partial charge on any atom is 0.174 e. The van der Waals surface area contributed by atoms with Crippen LogP contribution >= 0.6 is 0 Å². The second kappa shape index (κ2) is 10.6. The lowest BCUT2D eigenvalue weighted by atomic mass is 9.63. The van der Waals surface area contributed by atoms with Crippen LogP contribution in [0.3, 0.4) is 0 Å². The Kier molecular flexibility index (Phi) is 5.68. The first-order valence-electron chi connectivity index (χ1n) is 18.9. The molecule has 5 aromatic heterocycles. The standard InChI is InChI=1S/C50H29N3O3/c1-3-15-36-32(12-1)35-26-44-41(27-40(35)49(36,30-10-8-22-51-28-30)31-11-9-23-52-29-31)50(38-20-24-54-47(38)48-39(50)21-25-55-48)37-16-4-5-17-42(37)53(44)43-18-7-14-34-33-13-2-6-19-45(33)56-46(34)43/h1-29H. The van der Waals surface area contributed by atoms with E-state index in [1.165, 1.54) is 16.7 Å². The topological polar surface area (TPSA) is 68.4 Å². The number of pyridine rings is 2. The first kappa shape index (κ1) is 29.9. The number of hydrogen-bond donors (Lipinski definition) is 0. The molecule has 5 aromatic carbocycles. The third kappa shape index (κ3) is 3.44. The van der Waals surface area contributed by atoms with Crippen molar-refractivity contribution in [1.29, 1.82) is 0 Å². The Labute approximate surface area is 320 Å². The first-order chi connectivity index (χ1) is 27.8. The maximum atomic E-state index is 6.78. The molecule has 0 amide bonds. The van der Waals surface area contributed by atoms with Gasteiger partial charge < -0.3 is 18.2 Å². The van der Waals surface area contributed by atoms with Crippen LogP contribution in [0.15, 0.2) is 190 Å². The highest BCUT2D eigenvalue weighted by Gasteiger charge is 2.57. The highest BCUT2D eigenvalue weighted by molar-refractivity contribution is 6.11. The molecule has 6 nitrogen and oxygen atoms in total. The summed E-state index contributed by atoms with van der Waals surface area (Å²) in [6, 6.07) is 49.9. The van der Waals surface area contributed by atoms with Crippen molar-refractivity contribution in [3.8, 4) is 22.6 Å². The zero-order valence-corrected chi connectivity index (χ0v) is 29.8. The van der Waals surface area contributed by atoms with Crippen molar-refractivity contribution in [1.82, 2.24) is 9.97 Å². The normalized spacial score (nSPS) is 15.0. The van der Waals surface area contributed by atoms with Crippen molar-refractivity contribution in [2.45, 2.75) is 10.8 Å². The second-order valence-corrected chi connectivity index (χ2v) is 14.9. The van der Waals surface area contributed by atoms with Gasteiger partial charge in [-0.25, -0.2) is 0 Å². The minimum absolute atomic E-state index is 0.706. The van der Waals surface area contributed by atoms with Crippen molar-refractivity contribution in [2.75, 3.05) is 4.90 Å². The van der Waals surface area contributed by atoms with Crippen molar-refractivity contribution in [2.24, 2.45) is 0 Å². The Morgan fingerprint density at radius 1 is 0.446 bits per heavy atom. The Morgan fingerprint density at radius 2 is 1.11 bits per heavy atom. The van der Waals surface area contributed by atoms with Crippen LogP contribution < -0.4 is 4.90 Å². The number of furan rings is 3.